The molecule has 0 atom stereocenters. The zero-order valence-electron chi connectivity index (χ0n) is 12.2. The number of benzene rings is 2. The Hall–Kier alpha value is -2.00. The molecule has 0 fully saturated rings. The van der Waals surface area contributed by atoms with Crippen LogP contribution in [0.2, 0.25) is 5.02 Å². The van der Waals surface area contributed by atoms with Crippen LogP contribution in [-0.2, 0) is 11.2 Å². The standard InChI is InChI=1S/C17H18ClNO2/c1-3-13-7-9-14(10-8-13)21-11-17(20)19-16-6-4-5-15(18)12(16)2/h4-10H,3,11H2,1-2H3,(H,19,20). The summed E-state index contributed by atoms with van der Waals surface area (Å²) in [4.78, 5) is 11.9. The number of hydrogen-bond acceptors (Lipinski definition) is 2. The molecule has 0 bridgehead atoms. The lowest BCUT2D eigenvalue weighted by molar-refractivity contribution is -0.118. The van der Waals surface area contributed by atoms with Crippen molar-refractivity contribution in [1.82, 2.24) is 0 Å². The first kappa shape index (κ1) is 15.4. The highest BCUT2D eigenvalue weighted by atomic mass is 35.5. The van der Waals surface area contributed by atoms with E-state index < -0.39 is 0 Å². The Kier molecular flexibility index (Phi) is 5.23. The second kappa shape index (κ2) is 7.14. The monoisotopic (exact) mass is 303 g/mol. The van der Waals surface area contributed by atoms with Gasteiger partial charge in [-0.05, 0) is 48.7 Å². The SMILES string of the molecule is CCc1ccc(OCC(=O)Nc2cccc(Cl)c2C)cc1. The van der Waals surface area contributed by atoms with E-state index >= 15 is 0 Å². The lowest BCUT2D eigenvalue weighted by atomic mass is 10.2. The highest BCUT2D eigenvalue weighted by Gasteiger charge is 2.07. The Morgan fingerprint density at radius 2 is 1.90 bits per heavy atom. The maximum Gasteiger partial charge on any atom is 0.262 e. The summed E-state index contributed by atoms with van der Waals surface area (Å²) in [5.41, 5.74) is 2.79. The molecular weight excluding hydrogens is 286 g/mol. The van der Waals surface area contributed by atoms with Crippen molar-refractivity contribution >= 4 is 23.2 Å². The van der Waals surface area contributed by atoms with Crippen molar-refractivity contribution in [2.24, 2.45) is 0 Å². The number of rotatable bonds is 5. The fourth-order valence-electron chi connectivity index (χ4n) is 1.90. The molecule has 0 heterocycles. The van der Waals surface area contributed by atoms with Gasteiger partial charge in [0.05, 0.1) is 0 Å². The van der Waals surface area contributed by atoms with Crippen molar-refractivity contribution in [3.8, 4) is 5.75 Å². The summed E-state index contributed by atoms with van der Waals surface area (Å²) in [7, 11) is 0. The van der Waals surface area contributed by atoms with Crippen LogP contribution in [0.4, 0.5) is 5.69 Å². The topological polar surface area (TPSA) is 38.3 Å². The molecular formula is C17H18ClNO2. The second-order valence-electron chi connectivity index (χ2n) is 4.75. The average molecular weight is 304 g/mol. The number of ether oxygens (including phenoxy) is 1. The van der Waals surface area contributed by atoms with E-state index in [1.807, 2.05) is 37.3 Å². The number of amides is 1. The average Bonchev–Trinajstić information content (AvgIpc) is 2.50. The molecule has 0 saturated heterocycles. The van der Waals surface area contributed by atoms with Crippen molar-refractivity contribution < 1.29 is 9.53 Å². The van der Waals surface area contributed by atoms with Crippen molar-refractivity contribution in [3.05, 3.63) is 58.6 Å². The number of hydrogen-bond donors (Lipinski definition) is 1. The molecule has 1 N–H and O–H groups in total. The molecule has 0 radical (unpaired) electrons. The number of aryl methyl sites for hydroxylation is 1. The largest absolute Gasteiger partial charge is 0.484 e. The highest BCUT2D eigenvalue weighted by Crippen LogP contribution is 2.22. The Balaban J connectivity index is 1.91. The molecule has 1 amide bonds. The van der Waals surface area contributed by atoms with E-state index in [2.05, 4.69) is 12.2 Å². The van der Waals surface area contributed by atoms with Gasteiger partial charge in [-0.25, -0.2) is 0 Å². The summed E-state index contributed by atoms with van der Waals surface area (Å²) < 4.78 is 5.46. The molecule has 0 saturated carbocycles. The van der Waals surface area contributed by atoms with Gasteiger partial charge in [0.15, 0.2) is 6.61 Å². The van der Waals surface area contributed by atoms with E-state index in [-0.39, 0.29) is 12.5 Å². The maximum absolute atomic E-state index is 11.9. The lowest BCUT2D eigenvalue weighted by Crippen LogP contribution is -2.20. The zero-order valence-corrected chi connectivity index (χ0v) is 12.9. The van der Waals surface area contributed by atoms with Gasteiger partial charge in [-0.1, -0.05) is 36.7 Å². The summed E-state index contributed by atoms with van der Waals surface area (Å²) in [6, 6.07) is 13.1. The fourth-order valence-corrected chi connectivity index (χ4v) is 2.07. The van der Waals surface area contributed by atoms with E-state index in [1.54, 1.807) is 12.1 Å². The molecule has 0 aliphatic carbocycles. The van der Waals surface area contributed by atoms with Gasteiger partial charge >= 0.3 is 0 Å². The first-order chi connectivity index (χ1) is 10.1. The van der Waals surface area contributed by atoms with Crippen molar-refractivity contribution in [1.29, 1.82) is 0 Å². The first-order valence-electron chi connectivity index (χ1n) is 6.87. The summed E-state index contributed by atoms with van der Waals surface area (Å²) in [6.07, 6.45) is 0.981. The van der Waals surface area contributed by atoms with Crippen LogP contribution in [0.15, 0.2) is 42.5 Å². The number of halogens is 1. The Morgan fingerprint density at radius 1 is 1.19 bits per heavy atom. The van der Waals surface area contributed by atoms with E-state index in [4.69, 9.17) is 16.3 Å². The molecule has 0 aromatic heterocycles. The molecule has 0 aliphatic rings. The summed E-state index contributed by atoms with van der Waals surface area (Å²) in [6.45, 7) is 3.93. The number of anilines is 1. The third-order valence-corrected chi connectivity index (χ3v) is 3.65. The summed E-state index contributed by atoms with van der Waals surface area (Å²) in [5, 5.41) is 3.42. The molecule has 4 heteroatoms. The minimum absolute atomic E-state index is 0.0303. The van der Waals surface area contributed by atoms with Crippen LogP contribution in [-0.4, -0.2) is 12.5 Å². The Labute approximate surface area is 129 Å². The predicted molar refractivity (Wildman–Crippen MR) is 86.1 cm³/mol. The minimum Gasteiger partial charge on any atom is -0.484 e. The van der Waals surface area contributed by atoms with Gasteiger partial charge in [-0.3, -0.25) is 4.79 Å². The summed E-state index contributed by atoms with van der Waals surface area (Å²) >= 11 is 6.02. The van der Waals surface area contributed by atoms with Gasteiger partial charge < -0.3 is 10.1 Å². The van der Waals surface area contributed by atoms with Crippen LogP contribution in [0.25, 0.3) is 0 Å². The number of carbonyl (C=O) groups is 1. The minimum atomic E-state index is -0.208. The molecule has 0 spiro atoms. The van der Waals surface area contributed by atoms with Crippen LogP contribution in [0.1, 0.15) is 18.1 Å². The molecule has 0 unspecified atom stereocenters. The van der Waals surface area contributed by atoms with Crippen LogP contribution in [0.5, 0.6) is 5.75 Å². The van der Waals surface area contributed by atoms with Gasteiger partial charge in [-0.2, -0.15) is 0 Å². The van der Waals surface area contributed by atoms with Gasteiger partial charge in [0.25, 0.3) is 5.91 Å². The van der Waals surface area contributed by atoms with Gasteiger partial charge in [-0.15, -0.1) is 0 Å². The molecule has 3 nitrogen and oxygen atoms in total. The van der Waals surface area contributed by atoms with E-state index in [1.165, 1.54) is 5.56 Å². The zero-order chi connectivity index (χ0) is 15.2. The third-order valence-electron chi connectivity index (χ3n) is 3.24. The quantitative estimate of drug-likeness (QED) is 0.897. The second-order valence-corrected chi connectivity index (χ2v) is 5.15. The maximum atomic E-state index is 11.9. The van der Waals surface area contributed by atoms with Gasteiger partial charge in [0.2, 0.25) is 0 Å². The van der Waals surface area contributed by atoms with E-state index in [0.29, 0.717) is 16.5 Å². The highest BCUT2D eigenvalue weighted by molar-refractivity contribution is 6.31. The third kappa shape index (κ3) is 4.23. The van der Waals surface area contributed by atoms with Crippen molar-refractivity contribution in [2.45, 2.75) is 20.3 Å². The molecule has 2 rings (SSSR count). The fraction of sp³-hybridized carbons (Fsp3) is 0.235. The predicted octanol–water partition coefficient (Wildman–Crippen LogP) is 4.23. The van der Waals surface area contributed by atoms with Crippen LogP contribution < -0.4 is 10.1 Å². The van der Waals surface area contributed by atoms with Crippen molar-refractivity contribution in [2.75, 3.05) is 11.9 Å². The Morgan fingerprint density at radius 3 is 2.57 bits per heavy atom. The summed E-state index contributed by atoms with van der Waals surface area (Å²) in [5.74, 6) is 0.477. The lowest BCUT2D eigenvalue weighted by Gasteiger charge is -2.10. The van der Waals surface area contributed by atoms with Crippen molar-refractivity contribution in [3.63, 3.8) is 0 Å². The molecule has 0 aliphatic heterocycles. The number of carbonyl (C=O) groups excluding carboxylic acids is 1. The van der Waals surface area contributed by atoms with Crippen LogP contribution in [0.3, 0.4) is 0 Å². The molecule has 21 heavy (non-hydrogen) atoms. The van der Waals surface area contributed by atoms with Crippen LogP contribution >= 0.6 is 11.6 Å². The molecule has 2 aromatic carbocycles. The van der Waals surface area contributed by atoms with E-state index in [9.17, 15) is 4.79 Å². The Bertz CT molecular complexity index is 623. The normalized spacial score (nSPS) is 10.2. The van der Waals surface area contributed by atoms with Gasteiger partial charge in [0.1, 0.15) is 5.75 Å². The number of nitrogens with one attached hydrogen (secondary N) is 1. The van der Waals surface area contributed by atoms with Gasteiger partial charge in [0, 0.05) is 10.7 Å². The smallest absolute Gasteiger partial charge is 0.262 e. The molecule has 110 valence electrons. The molecule has 2 aromatic rings. The first-order valence-corrected chi connectivity index (χ1v) is 7.24. The van der Waals surface area contributed by atoms with Crippen LogP contribution in [0, 0.1) is 6.92 Å². The van der Waals surface area contributed by atoms with E-state index in [0.717, 1.165) is 12.0 Å².